The molecular weight excluding hydrogens is 354 g/mol. The molecule has 0 saturated carbocycles. The predicted molar refractivity (Wildman–Crippen MR) is 108 cm³/mol. The molecule has 0 bridgehead atoms. The highest BCUT2D eigenvalue weighted by molar-refractivity contribution is 5.99. The van der Waals surface area contributed by atoms with Gasteiger partial charge in [0.15, 0.2) is 0 Å². The van der Waals surface area contributed by atoms with Crippen LogP contribution >= 0.6 is 0 Å². The summed E-state index contributed by atoms with van der Waals surface area (Å²) >= 11 is 0. The van der Waals surface area contributed by atoms with Crippen LogP contribution in [0.4, 0.5) is 0 Å². The molecule has 1 aliphatic rings. The van der Waals surface area contributed by atoms with Gasteiger partial charge in [-0.1, -0.05) is 0 Å². The van der Waals surface area contributed by atoms with E-state index in [1.807, 2.05) is 39.0 Å². The zero-order valence-electron chi connectivity index (χ0n) is 17.0. The van der Waals surface area contributed by atoms with Crippen LogP contribution in [0.5, 0.6) is 5.75 Å². The maximum atomic E-state index is 12.2. The van der Waals surface area contributed by atoms with Gasteiger partial charge >= 0.3 is 0 Å². The third-order valence-corrected chi connectivity index (χ3v) is 5.24. The minimum absolute atomic E-state index is 0.135. The van der Waals surface area contributed by atoms with Crippen LogP contribution in [0.2, 0.25) is 0 Å². The van der Waals surface area contributed by atoms with Crippen molar-refractivity contribution in [1.82, 2.24) is 15.2 Å². The Bertz CT molecular complexity index is 866. The molecule has 0 spiro atoms. The SMILES string of the molecule is C/C(=N\NC(=O)Cn1nc(C)cc1C)c1ccc(O)c(C[NH+]2CCCCC2)c1. The second kappa shape index (κ2) is 9.01. The third kappa shape index (κ3) is 5.19. The Morgan fingerprint density at radius 2 is 2.00 bits per heavy atom. The van der Waals surface area contributed by atoms with Crippen LogP contribution in [-0.4, -0.2) is 39.6 Å². The molecule has 2 heterocycles. The number of phenols is 1. The quantitative estimate of drug-likeness (QED) is 0.519. The monoisotopic (exact) mass is 384 g/mol. The lowest BCUT2D eigenvalue weighted by Crippen LogP contribution is -3.11. The number of aromatic nitrogens is 2. The normalized spacial score (nSPS) is 15.6. The Hall–Kier alpha value is -2.67. The van der Waals surface area contributed by atoms with E-state index >= 15 is 0 Å². The van der Waals surface area contributed by atoms with Crippen LogP contribution in [0.3, 0.4) is 0 Å². The van der Waals surface area contributed by atoms with Crippen molar-refractivity contribution in [2.24, 2.45) is 5.10 Å². The lowest BCUT2D eigenvalue weighted by molar-refractivity contribution is -0.918. The summed E-state index contributed by atoms with van der Waals surface area (Å²) in [7, 11) is 0. The number of benzene rings is 1. The van der Waals surface area contributed by atoms with Crippen LogP contribution < -0.4 is 10.3 Å². The van der Waals surface area contributed by atoms with Gasteiger partial charge in [0.2, 0.25) is 0 Å². The number of hydrazone groups is 1. The summed E-state index contributed by atoms with van der Waals surface area (Å²) in [6.45, 7) is 8.93. The fourth-order valence-electron chi connectivity index (χ4n) is 3.67. The molecule has 1 aromatic heterocycles. The predicted octanol–water partition coefficient (Wildman–Crippen LogP) is 1.31. The van der Waals surface area contributed by atoms with E-state index in [9.17, 15) is 9.90 Å². The highest BCUT2D eigenvalue weighted by Gasteiger charge is 2.16. The number of hydrogen-bond acceptors (Lipinski definition) is 4. The van der Waals surface area contributed by atoms with Crippen LogP contribution in [0.15, 0.2) is 29.4 Å². The lowest BCUT2D eigenvalue weighted by atomic mass is 10.0. The molecule has 150 valence electrons. The number of quaternary nitrogens is 1. The molecule has 3 rings (SSSR count). The molecule has 3 N–H and O–H groups in total. The number of hydrogen-bond donors (Lipinski definition) is 3. The first-order valence-electron chi connectivity index (χ1n) is 9.92. The van der Waals surface area contributed by atoms with Crippen molar-refractivity contribution < 1.29 is 14.8 Å². The summed E-state index contributed by atoms with van der Waals surface area (Å²) in [5.74, 6) is 0.102. The number of piperidine rings is 1. The Kier molecular flexibility index (Phi) is 6.46. The molecule has 2 aromatic rings. The lowest BCUT2D eigenvalue weighted by Gasteiger charge is -2.24. The van der Waals surface area contributed by atoms with Crippen molar-refractivity contribution in [2.45, 2.75) is 53.1 Å². The van der Waals surface area contributed by atoms with Gasteiger partial charge in [-0.05, 0) is 69.9 Å². The Labute approximate surface area is 166 Å². The zero-order valence-corrected chi connectivity index (χ0v) is 17.0. The van der Waals surface area contributed by atoms with Crippen molar-refractivity contribution in [3.05, 3.63) is 46.8 Å². The highest BCUT2D eigenvalue weighted by Crippen LogP contribution is 2.18. The third-order valence-electron chi connectivity index (χ3n) is 5.24. The van der Waals surface area contributed by atoms with E-state index < -0.39 is 0 Å². The van der Waals surface area contributed by atoms with E-state index in [4.69, 9.17) is 0 Å². The number of carbonyl (C=O) groups excluding carboxylic acids is 1. The minimum atomic E-state index is -0.220. The number of nitrogens with zero attached hydrogens (tertiary/aromatic N) is 3. The van der Waals surface area contributed by atoms with Gasteiger partial charge in [-0.2, -0.15) is 10.2 Å². The first-order chi connectivity index (χ1) is 13.4. The minimum Gasteiger partial charge on any atom is -0.507 e. The van der Waals surface area contributed by atoms with E-state index in [0.29, 0.717) is 11.5 Å². The van der Waals surface area contributed by atoms with Gasteiger partial charge in [-0.25, -0.2) is 5.43 Å². The molecule has 1 aliphatic heterocycles. The van der Waals surface area contributed by atoms with Gasteiger partial charge in [0.05, 0.1) is 24.5 Å². The fourth-order valence-corrected chi connectivity index (χ4v) is 3.67. The van der Waals surface area contributed by atoms with Crippen LogP contribution in [0, 0.1) is 13.8 Å². The average molecular weight is 385 g/mol. The Balaban J connectivity index is 1.64. The largest absolute Gasteiger partial charge is 0.507 e. The van der Waals surface area contributed by atoms with E-state index in [0.717, 1.165) is 42.1 Å². The first-order valence-corrected chi connectivity index (χ1v) is 9.92. The number of phenolic OH excluding ortho intramolecular Hbond substituents is 1. The van der Waals surface area contributed by atoms with Crippen molar-refractivity contribution >= 4 is 11.6 Å². The molecule has 1 amide bonds. The summed E-state index contributed by atoms with van der Waals surface area (Å²) < 4.78 is 1.66. The standard InChI is InChI=1S/C21H29N5O2/c1-15-11-16(2)26(24-15)14-21(28)23-22-17(3)18-7-8-20(27)19(12-18)13-25-9-5-4-6-10-25/h7-8,11-12,27H,4-6,9-10,13-14H2,1-3H3,(H,23,28)/p+1/b22-17+. The van der Waals surface area contributed by atoms with E-state index in [-0.39, 0.29) is 12.5 Å². The Morgan fingerprint density at radius 1 is 1.25 bits per heavy atom. The average Bonchev–Trinajstić information content (AvgIpc) is 2.99. The molecule has 0 aliphatic carbocycles. The number of aryl methyl sites for hydroxylation is 2. The summed E-state index contributed by atoms with van der Waals surface area (Å²) in [6, 6.07) is 7.45. The van der Waals surface area contributed by atoms with Gasteiger partial charge in [0.25, 0.3) is 5.91 Å². The van der Waals surface area contributed by atoms with Crippen LogP contribution in [-0.2, 0) is 17.9 Å². The smallest absolute Gasteiger partial charge is 0.261 e. The fraction of sp³-hybridized carbons (Fsp3) is 0.476. The number of likely N-dealkylation sites (tertiary alicyclic amines) is 1. The number of nitrogens with one attached hydrogen (secondary N) is 2. The van der Waals surface area contributed by atoms with Gasteiger partial charge in [-0.15, -0.1) is 0 Å². The molecule has 1 aromatic carbocycles. The molecule has 28 heavy (non-hydrogen) atoms. The molecule has 7 heteroatoms. The summed E-state index contributed by atoms with van der Waals surface area (Å²) in [4.78, 5) is 13.7. The second-order valence-electron chi connectivity index (χ2n) is 7.65. The van der Waals surface area contributed by atoms with Crippen LogP contribution in [0.25, 0.3) is 0 Å². The second-order valence-corrected chi connectivity index (χ2v) is 7.65. The molecule has 0 unspecified atom stereocenters. The van der Waals surface area contributed by atoms with E-state index in [1.165, 1.54) is 24.2 Å². The highest BCUT2D eigenvalue weighted by atomic mass is 16.3. The topological polar surface area (TPSA) is 84.0 Å². The molecular formula is C21H30N5O2+. The summed E-state index contributed by atoms with van der Waals surface area (Å²) in [6.07, 6.45) is 3.80. The maximum Gasteiger partial charge on any atom is 0.261 e. The van der Waals surface area contributed by atoms with Gasteiger partial charge in [0, 0.05) is 11.3 Å². The van der Waals surface area contributed by atoms with Gasteiger partial charge < -0.3 is 10.0 Å². The van der Waals surface area contributed by atoms with E-state index in [1.54, 1.807) is 10.7 Å². The maximum absolute atomic E-state index is 12.2. The Morgan fingerprint density at radius 3 is 2.68 bits per heavy atom. The number of amides is 1. The van der Waals surface area contributed by atoms with Crippen molar-refractivity contribution in [3.63, 3.8) is 0 Å². The van der Waals surface area contributed by atoms with Gasteiger partial charge in [-0.3, -0.25) is 9.48 Å². The number of aromatic hydroxyl groups is 1. The van der Waals surface area contributed by atoms with Crippen molar-refractivity contribution in [3.8, 4) is 5.75 Å². The van der Waals surface area contributed by atoms with Crippen molar-refractivity contribution in [1.29, 1.82) is 0 Å². The number of rotatable bonds is 6. The molecule has 1 fully saturated rings. The molecule has 0 atom stereocenters. The molecule has 0 radical (unpaired) electrons. The number of carbonyl (C=O) groups is 1. The first kappa shape index (κ1) is 20.1. The van der Waals surface area contributed by atoms with E-state index in [2.05, 4.69) is 15.6 Å². The summed E-state index contributed by atoms with van der Waals surface area (Å²) in [5, 5.41) is 18.7. The molecule has 7 nitrogen and oxygen atoms in total. The van der Waals surface area contributed by atoms with Gasteiger partial charge in [0.1, 0.15) is 18.8 Å². The van der Waals surface area contributed by atoms with Crippen molar-refractivity contribution in [2.75, 3.05) is 13.1 Å². The van der Waals surface area contributed by atoms with Crippen LogP contribution in [0.1, 0.15) is 48.7 Å². The summed E-state index contributed by atoms with van der Waals surface area (Å²) in [5.41, 5.74) is 6.96. The zero-order chi connectivity index (χ0) is 20.1. The molecule has 1 saturated heterocycles.